The third kappa shape index (κ3) is 6.05. The van der Waals surface area contributed by atoms with Crippen LogP contribution in [-0.2, 0) is 17.5 Å². The van der Waals surface area contributed by atoms with Crippen LogP contribution in [0.15, 0.2) is 66.6 Å². The first-order valence-electron chi connectivity index (χ1n) is 12.6. The van der Waals surface area contributed by atoms with E-state index in [1.54, 1.807) is 6.33 Å². The van der Waals surface area contributed by atoms with Gasteiger partial charge in [-0.3, -0.25) is 9.69 Å². The van der Waals surface area contributed by atoms with E-state index < -0.39 is 11.7 Å². The van der Waals surface area contributed by atoms with Crippen molar-refractivity contribution >= 4 is 22.9 Å². The predicted octanol–water partition coefficient (Wildman–Crippen LogP) is 5.72. The maximum absolute atomic E-state index is 13.2. The highest BCUT2D eigenvalue weighted by molar-refractivity contribution is 6.09. The van der Waals surface area contributed by atoms with E-state index in [0.29, 0.717) is 29.7 Å². The first-order chi connectivity index (χ1) is 17.9. The number of H-pyrrole nitrogens is 1. The molecule has 37 heavy (non-hydrogen) atoms. The highest BCUT2D eigenvalue weighted by atomic mass is 19.4. The minimum atomic E-state index is -4.38. The van der Waals surface area contributed by atoms with Gasteiger partial charge in [0.15, 0.2) is 0 Å². The van der Waals surface area contributed by atoms with E-state index in [9.17, 15) is 18.0 Å². The van der Waals surface area contributed by atoms with E-state index in [4.69, 9.17) is 0 Å². The Morgan fingerprint density at radius 1 is 0.946 bits per heavy atom. The summed E-state index contributed by atoms with van der Waals surface area (Å²) in [5.74, 6) is -0.185. The van der Waals surface area contributed by atoms with Crippen molar-refractivity contribution in [1.82, 2.24) is 14.9 Å². The van der Waals surface area contributed by atoms with E-state index in [0.717, 1.165) is 74.7 Å². The van der Waals surface area contributed by atoms with Crippen LogP contribution in [-0.4, -0.2) is 47.0 Å². The van der Waals surface area contributed by atoms with Crippen LogP contribution in [0.4, 0.5) is 24.5 Å². The van der Waals surface area contributed by atoms with Crippen LogP contribution >= 0.6 is 0 Å². The summed E-state index contributed by atoms with van der Waals surface area (Å²) >= 11 is 0. The molecule has 1 saturated heterocycles. The number of carbonyl (C=O) groups excluding carboxylic acids is 1. The monoisotopic (exact) mass is 509 g/mol. The van der Waals surface area contributed by atoms with E-state index >= 15 is 0 Å². The number of benzene rings is 2. The molecule has 1 aromatic heterocycles. The second-order valence-electron chi connectivity index (χ2n) is 9.58. The van der Waals surface area contributed by atoms with Crippen LogP contribution in [0, 0.1) is 0 Å². The zero-order chi connectivity index (χ0) is 25.8. The standard InChI is InChI=1S/C28H30F3N5O/c29-28(30,31)21-7-5-20(6-8-21)25-3-1-2-4-26(25)27(37)34-22-9-11-24(12-10-22)36-15-13-35(14-16-36)18-23-17-32-19-33-23/h5-12,17,19H,1-4,13-16,18H2,(H,32,33)(H,34,37). The Balaban J connectivity index is 1.22. The fourth-order valence-corrected chi connectivity index (χ4v) is 5.07. The molecule has 0 radical (unpaired) electrons. The first-order valence-corrected chi connectivity index (χ1v) is 12.6. The van der Waals surface area contributed by atoms with Crippen LogP contribution in [0.1, 0.15) is 42.5 Å². The number of halogens is 3. The smallest absolute Gasteiger partial charge is 0.369 e. The van der Waals surface area contributed by atoms with Crippen molar-refractivity contribution < 1.29 is 18.0 Å². The molecule has 1 aliphatic heterocycles. The SMILES string of the molecule is O=C(Nc1ccc(N2CCN(Cc3cnc[nH]3)CC2)cc1)C1=C(c2ccc(C(F)(F)F)cc2)CCCC1. The van der Waals surface area contributed by atoms with E-state index in [1.165, 1.54) is 12.1 Å². The number of rotatable bonds is 6. The number of hydrogen-bond acceptors (Lipinski definition) is 4. The zero-order valence-corrected chi connectivity index (χ0v) is 20.5. The van der Waals surface area contributed by atoms with Crippen LogP contribution in [0.5, 0.6) is 0 Å². The van der Waals surface area contributed by atoms with Gasteiger partial charge in [0.25, 0.3) is 5.91 Å². The van der Waals surface area contributed by atoms with Gasteiger partial charge in [0.05, 0.1) is 11.9 Å². The Hall–Kier alpha value is -3.59. The average molecular weight is 510 g/mol. The van der Waals surface area contributed by atoms with Gasteiger partial charge in [0.2, 0.25) is 0 Å². The molecule has 2 heterocycles. The molecule has 6 nitrogen and oxygen atoms in total. The van der Waals surface area contributed by atoms with Crippen LogP contribution < -0.4 is 10.2 Å². The molecule has 1 amide bonds. The van der Waals surface area contributed by atoms with Crippen molar-refractivity contribution in [3.05, 3.63) is 83.4 Å². The van der Waals surface area contributed by atoms with E-state index in [-0.39, 0.29) is 5.91 Å². The lowest BCUT2D eigenvalue weighted by Gasteiger charge is -2.36. The van der Waals surface area contributed by atoms with Crippen molar-refractivity contribution in [1.29, 1.82) is 0 Å². The minimum Gasteiger partial charge on any atom is -0.369 e. The van der Waals surface area contributed by atoms with Crippen molar-refractivity contribution in [2.75, 3.05) is 36.4 Å². The molecule has 5 rings (SSSR count). The predicted molar refractivity (Wildman–Crippen MR) is 138 cm³/mol. The second kappa shape index (κ2) is 10.8. The number of aromatic amines is 1. The number of piperazine rings is 1. The molecule has 0 atom stereocenters. The molecule has 0 bridgehead atoms. The lowest BCUT2D eigenvalue weighted by molar-refractivity contribution is -0.137. The molecule has 2 N–H and O–H groups in total. The number of nitrogens with zero attached hydrogens (tertiary/aromatic N) is 3. The summed E-state index contributed by atoms with van der Waals surface area (Å²) in [6, 6.07) is 13.0. The summed E-state index contributed by atoms with van der Waals surface area (Å²) in [7, 11) is 0. The second-order valence-corrected chi connectivity index (χ2v) is 9.58. The lowest BCUT2D eigenvalue weighted by Crippen LogP contribution is -2.46. The summed E-state index contributed by atoms with van der Waals surface area (Å²) in [5, 5.41) is 3.00. The summed E-state index contributed by atoms with van der Waals surface area (Å²) in [6.45, 7) is 4.62. The number of imidazole rings is 1. The summed E-state index contributed by atoms with van der Waals surface area (Å²) in [5.41, 5.74) is 4.42. The molecular weight excluding hydrogens is 479 g/mol. The van der Waals surface area contributed by atoms with Crippen molar-refractivity contribution in [2.45, 2.75) is 38.4 Å². The molecule has 2 aromatic carbocycles. The van der Waals surface area contributed by atoms with Gasteiger partial charge in [-0.2, -0.15) is 13.2 Å². The fraction of sp³-hybridized carbons (Fsp3) is 0.357. The Morgan fingerprint density at radius 3 is 2.30 bits per heavy atom. The molecule has 0 spiro atoms. The van der Waals surface area contributed by atoms with Crippen molar-refractivity contribution in [3.63, 3.8) is 0 Å². The zero-order valence-electron chi connectivity index (χ0n) is 20.5. The van der Waals surface area contributed by atoms with Gasteiger partial charge in [0.1, 0.15) is 0 Å². The van der Waals surface area contributed by atoms with Gasteiger partial charge < -0.3 is 15.2 Å². The molecule has 9 heteroatoms. The largest absolute Gasteiger partial charge is 0.416 e. The Morgan fingerprint density at radius 2 is 1.65 bits per heavy atom. The van der Waals surface area contributed by atoms with E-state index in [1.807, 2.05) is 30.5 Å². The molecule has 3 aromatic rings. The van der Waals surface area contributed by atoms with Crippen LogP contribution in [0.25, 0.3) is 5.57 Å². The molecule has 0 saturated carbocycles. The quantitative estimate of drug-likeness (QED) is 0.446. The average Bonchev–Trinajstić information content (AvgIpc) is 3.42. The Labute approximate surface area is 214 Å². The van der Waals surface area contributed by atoms with Gasteiger partial charge >= 0.3 is 6.18 Å². The molecule has 194 valence electrons. The minimum absolute atomic E-state index is 0.185. The molecule has 1 aliphatic carbocycles. The number of carbonyl (C=O) groups is 1. The molecule has 2 aliphatic rings. The van der Waals surface area contributed by atoms with Crippen molar-refractivity contribution in [2.24, 2.45) is 0 Å². The maximum Gasteiger partial charge on any atom is 0.416 e. The molecule has 0 unspecified atom stereocenters. The number of anilines is 2. The number of allylic oxidation sites excluding steroid dienone is 1. The lowest BCUT2D eigenvalue weighted by atomic mass is 9.86. The molecular formula is C28H30F3N5O. The number of hydrogen-bond donors (Lipinski definition) is 2. The third-order valence-electron chi connectivity index (χ3n) is 7.11. The highest BCUT2D eigenvalue weighted by Gasteiger charge is 2.30. The van der Waals surface area contributed by atoms with Gasteiger partial charge in [-0.05, 0) is 73.2 Å². The number of aromatic nitrogens is 2. The normalized spacial score (nSPS) is 17.2. The first kappa shape index (κ1) is 25.1. The van der Waals surface area contributed by atoms with Gasteiger partial charge in [-0.15, -0.1) is 0 Å². The molecule has 1 fully saturated rings. The highest BCUT2D eigenvalue weighted by Crippen LogP contribution is 2.35. The van der Waals surface area contributed by atoms with Crippen LogP contribution in [0.2, 0.25) is 0 Å². The Bertz CT molecular complexity index is 1230. The topological polar surface area (TPSA) is 64.3 Å². The van der Waals surface area contributed by atoms with Crippen LogP contribution in [0.3, 0.4) is 0 Å². The van der Waals surface area contributed by atoms with Crippen molar-refractivity contribution in [3.8, 4) is 0 Å². The summed E-state index contributed by atoms with van der Waals surface area (Å²) in [4.78, 5) is 25.1. The summed E-state index contributed by atoms with van der Waals surface area (Å²) in [6.07, 6.45) is 2.28. The third-order valence-corrected chi connectivity index (χ3v) is 7.11. The van der Waals surface area contributed by atoms with E-state index in [2.05, 4.69) is 25.1 Å². The van der Waals surface area contributed by atoms with Gasteiger partial charge in [0, 0.05) is 61.6 Å². The number of nitrogens with one attached hydrogen (secondary N) is 2. The van der Waals surface area contributed by atoms with Gasteiger partial charge in [-0.25, -0.2) is 4.98 Å². The number of alkyl halides is 3. The maximum atomic E-state index is 13.2. The summed E-state index contributed by atoms with van der Waals surface area (Å²) < 4.78 is 38.9. The van der Waals surface area contributed by atoms with Gasteiger partial charge in [-0.1, -0.05) is 12.1 Å². The fourth-order valence-electron chi connectivity index (χ4n) is 5.07. The Kier molecular flexibility index (Phi) is 7.32. The number of amides is 1.